The van der Waals surface area contributed by atoms with Crippen LogP contribution in [0.4, 0.5) is 0 Å². The number of benzene rings is 1. The zero-order valence-corrected chi connectivity index (χ0v) is 10.6. The number of aliphatic hydroxyl groups is 1. The summed E-state index contributed by atoms with van der Waals surface area (Å²) in [5.41, 5.74) is 1.16. The van der Waals surface area contributed by atoms with Crippen molar-refractivity contribution in [1.29, 1.82) is 0 Å². The van der Waals surface area contributed by atoms with Gasteiger partial charge in [-0.25, -0.2) is 9.78 Å². The molecule has 1 heterocycles. The average molecular weight is 275 g/mol. The predicted molar refractivity (Wildman–Crippen MR) is 70.1 cm³/mol. The van der Waals surface area contributed by atoms with Crippen LogP contribution in [-0.2, 0) is 4.79 Å². The molecule has 2 atom stereocenters. The van der Waals surface area contributed by atoms with Crippen molar-refractivity contribution in [2.24, 2.45) is 0 Å². The minimum absolute atomic E-state index is 0.00407. The zero-order valence-electron chi connectivity index (χ0n) is 10.6. The number of carboxylic acid groups (broad SMARTS) is 1. The van der Waals surface area contributed by atoms with Crippen LogP contribution in [0.15, 0.2) is 30.5 Å². The number of aliphatic hydroxyl groups excluding tert-OH is 1. The van der Waals surface area contributed by atoms with Crippen LogP contribution < -0.4 is 5.32 Å². The second kappa shape index (κ2) is 5.62. The lowest BCUT2D eigenvalue weighted by atomic mass is 10.2. The Labute approximate surface area is 114 Å². The molecular formula is C13H13N3O4. The van der Waals surface area contributed by atoms with Gasteiger partial charge in [-0.3, -0.25) is 9.78 Å². The Hall–Kier alpha value is -2.54. The molecule has 0 saturated heterocycles. The lowest BCUT2D eigenvalue weighted by Crippen LogP contribution is -2.47. The van der Waals surface area contributed by atoms with E-state index >= 15 is 0 Å². The van der Waals surface area contributed by atoms with Crippen molar-refractivity contribution < 1.29 is 19.8 Å². The molecule has 2 unspecified atom stereocenters. The lowest BCUT2D eigenvalue weighted by Gasteiger charge is -2.16. The third-order valence-corrected chi connectivity index (χ3v) is 2.72. The summed E-state index contributed by atoms with van der Waals surface area (Å²) >= 11 is 0. The van der Waals surface area contributed by atoms with Crippen LogP contribution in [0.25, 0.3) is 11.0 Å². The largest absolute Gasteiger partial charge is 0.480 e. The number of fused-ring (bicyclic) bond motifs is 1. The van der Waals surface area contributed by atoms with Crippen molar-refractivity contribution in [2.45, 2.75) is 19.1 Å². The molecule has 0 radical (unpaired) electrons. The minimum atomic E-state index is -1.39. The van der Waals surface area contributed by atoms with Crippen molar-refractivity contribution in [2.75, 3.05) is 0 Å². The highest BCUT2D eigenvalue weighted by atomic mass is 16.4. The first-order chi connectivity index (χ1) is 9.49. The Kier molecular flexibility index (Phi) is 3.90. The zero-order chi connectivity index (χ0) is 14.7. The van der Waals surface area contributed by atoms with Crippen LogP contribution in [0.1, 0.15) is 17.4 Å². The van der Waals surface area contributed by atoms with Gasteiger partial charge in [0, 0.05) is 0 Å². The maximum absolute atomic E-state index is 11.9. The number of nitrogens with one attached hydrogen (secondary N) is 1. The monoisotopic (exact) mass is 275 g/mol. The fourth-order valence-electron chi connectivity index (χ4n) is 1.67. The molecule has 1 aromatic carbocycles. The highest BCUT2D eigenvalue weighted by Gasteiger charge is 2.26. The number of amides is 1. The van der Waals surface area contributed by atoms with E-state index in [0.29, 0.717) is 11.0 Å². The first kappa shape index (κ1) is 13.9. The highest BCUT2D eigenvalue weighted by molar-refractivity contribution is 5.96. The van der Waals surface area contributed by atoms with Gasteiger partial charge in [-0.05, 0) is 19.1 Å². The topological polar surface area (TPSA) is 112 Å². The molecule has 1 amide bonds. The van der Waals surface area contributed by atoms with Crippen LogP contribution in [0.5, 0.6) is 0 Å². The van der Waals surface area contributed by atoms with E-state index in [4.69, 9.17) is 5.11 Å². The summed E-state index contributed by atoms with van der Waals surface area (Å²) in [4.78, 5) is 31.0. The van der Waals surface area contributed by atoms with Gasteiger partial charge < -0.3 is 15.5 Å². The van der Waals surface area contributed by atoms with E-state index in [1.807, 2.05) is 0 Å². The molecular weight excluding hydrogens is 262 g/mol. The number of carboxylic acids is 1. The second-order valence-electron chi connectivity index (χ2n) is 4.27. The van der Waals surface area contributed by atoms with E-state index in [2.05, 4.69) is 15.3 Å². The molecule has 2 aromatic rings. The number of aromatic nitrogens is 2. The van der Waals surface area contributed by atoms with Crippen LogP contribution >= 0.6 is 0 Å². The Bertz CT molecular complexity index is 657. The van der Waals surface area contributed by atoms with Crippen LogP contribution in [0.3, 0.4) is 0 Å². The van der Waals surface area contributed by atoms with Gasteiger partial charge in [0.25, 0.3) is 5.91 Å². The van der Waals surface area contributed by atoms with Crippen LogP contribution in [-0.4, -0.2) is 44.2 Å². The second-order valence-corrected chi connectivity index (χ2v) is 4.27. The van der Waals surface area contributed by atoms with E-state index in [-0.39, 0.29) is 5.69 Å². The average Bonchev–Trinajstić information content (AvgIpc) is 2.43. The number of carbonyl (C=O) groups is 2. The van der Waals surface area contributed by atoms with Gasteiger partial charge in [0.15, 0.2) is 6.04 Å². The molecule has 0 saturated carbocycles. The summed E-state index contributed by atoms with van der Waals surface area (Å²) in [6.45, 7) is 1.28. The molecule has 0 spiro atoms. The molecule has 1 aromatic heterocycles. The third kappa shape index (κ3) is 2.89. The van der Waals surface area contributed by atoms with Gasteiger partial charge in [0.2, 0.25) is 0 Å². The number of rotatable bonds is 4. The smallest absolute Gasteiger partial charge is 0.328 e. The van der Waals surface area contributed by atoms with E-state index in [1.165, 1.54) is 13.1 Å². The van der Waals surface area contributed by atoms with Crippen molar-refractivity contribution >= 4 is 22.9 Å². The van der Waals surface area contributed by atoms with E-state index in [9.17, 15) is 14.7 Å². The number of aliphatic carboxylic acids is 1. The Morgan fingerprint density at radius 2 is 1.90 bits per heavy atom. The van der Waals surface area contributed by atoms with Crippen molar-refractivity contribution in [1.82, 2.24) is 15.3 Å². The maximum Gasteiger partial charge on any atom is 0.328 e. The number of nitrogens with zero attached hydrogens (tertiary/aromatic N) is 2. The van der Waals surface area contributed by atoms with Crippen LogP contribution in [0, 0.1) is 0 Å². The molecule has 7 heteroatoms. The first-order valence-electron chi connectivity index (χ1n) is 5.92. The Morgan fingerprint density at radius 3 is 2.50 bits per heavy atom. The molecule has 0 bridgehead atoms. The van der Waals surface area contributed by atoms with Gasteiger partial charge in [-0.1, -0.05) is 12.1 Å². The Morgan fingerprint density at radius 1 is 1.25 bits per heavy atom. The maximum atomic E-state index is 11.9. The van der Waals surface area contributed by atoms with Gasteiger partial charge in [-0.2, -0.15) is 0 Å². The summed E-state index contributed by atoms with van der Waals surface area (Å²) in [7, 11) is 0. The summed E-state index contributed by atoms with van der Waals surface area (Å²) in [6, 6.07) is 5.61. The number of para-hydroxylation sites is 2. The van der Waals surface area contributed by atoms with E-state index in [0.717, 1.165) is 0 Å². The number of hydrogen-bond donors (Lipinski definition) is 3. The van der Waals surface area contributed by atoms with Gasteiger partial charge in [-0.15, -0.1) is 0 Å². The van der Waals surface area contributed by atoms with Gasteiger partial charge >= 0.3 is 5.97 Å². The highest BCUT2D eigenvalue weighted by Crippen LogP contribution is 2.08. The lowest BCUT2D eigenvalue weighted by molar-refractivity contribution is -0.141. The van der Waals surface area contributed by atoms with Gasteiger partial charge in [0.1, 0.15) is 5.69 Å². The molecule has 20 heavy (non-hydrogen) atoms. The fourth-order valence-corrected chi connectivity index (χ4v) is 1.67. The minimum Gasteiger partial charge on any atom is -0.480 e. The third-order valence-electron chi connectivity index (χ3n) is 2.72. The first-order valence-corrected chi connectivity index (χ1v) is 5.92. The molecule has 0 aliphatic heterocycles. The van der Waals surface area contributed by atoms with Gasteiger partial charge in [0.05, 0.1) is 23.3 Å². The molecule has 0 aliphatic rings. The van der Waals surface area contributed by atoms with Crippen LogP contribution in [0.2, 0.25) is 0 Å². The molecule has 104 valence electrons. The van der Waals surface area contributed by atoms with Crippen molar-refractivity contribution in [3.8, 4) is 0 Å². The number of hydrogen-bond acceptors (Lipinski definition) is 5. The quantitative estimate of drug-likeness (QED) is 0.734. The molecule has 0 fully saturated rings. The molecule has 0 aliphatic carbocycles. The number of carbonyl (C=O) groups excluding carboxylic acids is 1. The molecule has 2 rings (SSSR count). The normalized spacial score (nSPS) is 13.7. The van der Waals surface area contributed by atoms with E-state index < -0.39 is 24.0 Å². The fraction of sp³-hybridized carbons (Fsp3) is 0.231. The van der Waals surface area contributed by atoms with Crippen molar-refractivity contribution in [3.05, 3.63) is 36.2 Å². The summed E-state index contributed by atoms with van der Waals surface area (Å²) < 4.78 is 0. The SMILES string of the molecule is CC(O)C(NC(=O)c1cnc2ccccc2n1)C(=O)O. The van der Waals surface area contributed by atoms with Crippen molar-refractivity contribution in [3.63, 3.8) is 0 Å². The molecule has 3 N–H and O–H groups in total. The van der Waals surface area contributed by atoms with E-state index in [1.54, 1.807) is 24.3 Å². The summed E-state index contributed by atoms with van der Waals surface area (Å²) in [6.07, 6.45) is 0.0448. The summed E-state index contributed by atoms with van der Waals surface area (Å²) in [5.74, 6) is -2.02. The molecule has 7 nitrogen and oxygen atoms in total. The predicted octanol–water partition coefficient (Wildman–Crippen LogP) is 0.194. The summed E-state index contributed by atoms with van der Waals surface area (Å²) in [5, 5.41) is 20.4. The Balaban J connectivity index is 2.24. The standard InChI is InChI=1S/C13H13N3O4/c1-7(17)11(13(19)20)16-12(18)10-6-14-8-4-2-3-5-9(8)15-10/h2-7,11,17H,1H3,(H,16,18)(H,19,20).